The molecule has 0 aromatic carbocycles. The Hall–Kier alpha value is -2.15. The molecule has 0 spiro atoms. The van der Waals surface area contributed by atoms with Gasteiger partial charge in [0.15, 0.2) is 0 Å². The van der Waals surface area contributed by atoms with E-state index in [2.05, 4.69) is 14.7 Å². The van der Waals surface area contributed by atoms with Crippen molar-refractivity contribution in [1.82, 2.24) is 19.6 Å². The first kappa shape index (κ1) is 16.3. The number of hydrogen-bond donors (Lipinski definition) is 0. The van der Waals surface area contributed by atoms with Crippen LogP contribution in [0.1, 0.15) is 41.2 Å². The number of rotatable bonds is 5. The number of imidazole rings is 1. The highest BCUT2D eigenvalue weighted by Crippen LogP contribution is 2.27. The number of ether oxygens (including phenoxy) is 1. The van der Waals surface area contributed by atoms with Gasteiger partial charge < -0.3 is 18.7 Å². The van der Waals surface area contributed by atoms with Gasteiger partial charge in [0, 0.05) is 37.9 Å². The van der Waals surface area contributed by atoms with E-state index in [1.165, 1.54) is 19.3 Å². The van der Waals surface area contributed by atoms with E-state index in [4.69, 9.17) is 9.26 Å². The predicted molar refractivity (Wildman–Crippen MR) is 89.9 cm³/mol. The molecular formula is C18H24N4O3. The Bertz CT molecular complexity index is 734. The number of fused-ring (bicyclic) bond motifs is 1. The van der Waals surface area contributed by atoms with Gasteiger partial charge in [-0.3, -0.25) is 4.79 Å². The molecule has 7 heteroatoms. The second-order valence-corrected chi connectivity index (χ2v) is 7.26. The van der Waals surface area contributed by atoms with Crippen molar-refractivity contribution in [1.29, 1.82) is 0 Å². The third-order valence-corrected chi connectivity index (χ3v) is 5.14. The van der Waals surface area contributed by atoms with E-state index < -0.39 is 0 Å². The largest absolute Gasteiger partial charge is 0.381 e. The van der Waals surface area contributed by atoms with Crippen LogP contribution in [-0.2, 0) is 17.8 Å². The maximum absolute atomic E-state index is 12.8. The molecule has 3 heterocycles. The molecule has 0 unspecified atom stereocenters. The van der Waals surface area contributed by atoms with Crippen molar-refractivity contribution in [2.45, 2.75) is 39.3 Å². The molecule has 0 radical (unpaired) electrons. The summed E-state index contributed by atoms with van der Waals surface area (Å²) in [6, 6.07) is 1.69. The summed E-state index contributed by atoms with van der Waals surface area (Å²) in [7, 11) is 0. The Morgan fingerprint density at radius 3 is 2.88 bits per heavy atom. The average Bonchev–Trinajstić information content (AvgIpc) is 3.14. The maximum atomic E-state index is 12.8. The van der Waals surface area contributed by atoms with Gasteiger partial charge in [-0.05, 0) is 25.7 Å². The highest BCUT2D eigenvalue weighted by molar-refractivity contribution is 5.91. The van der Waals surface area contributed by atoms with E-state index in [0.29, 0.717) is 31.2 Å². The molecule has 0 N–H and O–H groups in total. The number of amides is 1. The lowest BCUT2D eigenvalue weighted by Gasteiger charge is -2.27. The van der Waals surface area contributed by atoms with Crippen molar-refractivity contribution in [3.8, 4) is 0 Å². The van der Waals surface area contributed by atoms with Crippen LogP contribution >= 0.6 is 0 Å². The van der Waals surface area contributed by atoms with E-state index in [0.717, 1.165) is 24.8 Å². The summed E-state index contributed by atoms with van der Waals surface area (Å²) in [5.74, 6) is 1.13. The molecule has 7 nitrogen and oxygen atoms in total. The number of nitrogens with zero attached hydrogens (tertiary/aromatic N) is 4. The fraction of sp³-hybridized carbons (Fsp3) is 0.611. The van der Waals surface area contributed by atoms with Crippen molar-refractivity contribution in [2.24, 2.45) is 11.8 Å². The maximum Gasteiger partial charge on any atom is 0.292 e. The minimum absolute atomic E-state index is 0.126. The van der Waals surface area contributed by atoms with Crippen LogP contribution in [0.5, 0.6) is 0 Å². The van der Waals surface area contributed by atoms with Gasteiger partial charge in [-0.15, -0.1) is 0 Å². The third-order valence-electron chi connectivity index (χ3n) is 5.14. The van der Waals surface area contributed by atoms with E-state index in [9.17, 15) is 4.79 Å². The summed E-state index contributed by atoms with van der Waals surface area (Å²) in [5, 5.41) is 3.83. The zero-order valence-electron chi connectivity index (χ0n) is 14.6. The molecule has 2 aromatic heterocycles. The van der Waals surface area contributed by atoms with E-state index >= 15 is 0 Å². The summed E-state index contributed by atoms with van der Waals surface area (Å²) in [6.07, 6.45) is 7.55. The van der Waals surface area contributed by atoms with Gasteiger partial charge in [0.1, 0.15) is 0 Å². The Kier molecular flexibility index (Phi) is 4.57. The van der Waals surface area contributed by atoms with E-state index in [1.54, 1.807) is 6.07 Å². The Labute approximate surface area is 146 Å². The lowest BCUT2D eigenvalue weighted by Crippen LogP contribution is -2.35. The van der Waals surface area contributed by atoms with Gasteiger partial charge in [-0.25, -0.2) is 4.98 Å². The minimum Gasteiger partial charge on any atom is -0.381 e. The molecule has 134 valence electrons. The van der Waals surface area contributed by atoms with Crippen LogP contribution in [0.25, 0.3) is 0 Å². The first-order chi connectivity index (χ1) is 12.2. The molecule has 0 bridgehead atoms. The molecule has 1 aliphatic heterocycles. The quantitative estimate of drug-likeness (QED) is 0.832. The molecule has 0 saturated heterocycles. The van der Waals surface area contributed by atoms with Gasteiger partial charge in [-0.1, -0.05) is 11.6 Å². The third kappa shape index (κ3) is 3.61. The molecule has 1 amide bonds. The average molecular weight is 344 g/mol. The molecular weight excluding hydrogens is 320 g/mol. The molecule has 4 rings (SSSR count). The fourth-order valence-electron chi connectivity index (χ4n) is 3.49. The predicted octanol–water partition coefficient (Wildman–Crippen LogP) is 2.27. The lowest BCUT2D eigenvalue weighted by molar-refractivity contribution is 0.0337. The second kappa shape index (κ2) is 7.00. The van der Waals surface area contributed by atoms with Crippen LogP contribution < -0.4 is 0 Å². The summed E-state index contributed by atoms with van der Waals surface area (Å²) in [5.41, 5.74) is 1.75. The normalized spacial score (nSPS) is 20.8. The number of aromatic nitrogens is 3. The van der Waals surface area contributed by atoms with Crippen molar-refractivity contribution in [3.63, 3.8) is 0 Å². The van der Waals surface area contributed by atoms with Crippen molar-refractivity contribution >= 4 is 5.91 Å². The Morgan fingerprint density at radius 1 is 1.32 bits per heavy atom. The molecule has 2 aliphatic rings. The second-order valence-electron chi connectivity index (χ2n) is 7.26. The SMILES string of the molecule is Cc1cc(C(=O)N2Cc3cncn3C[C@H](COCC3CCC3)C2)on1. The zero-order chi connectivity index (χ0) is 17.2. The summed E-state index contributed by atoms with van der Waals surface area (Å²) in [6.45, 7) is 5.30. The van der Waals surface area contributed by atoms with Crippen molar-refractivity contribution in [3.05, 3.63) is 35.7 Å². The van der Waals surface area contributed by atoms with Crippen molar-refractivity contribution < 1.29 is 14.1 Å². The van der Waals surface area contributed by atoms with Gasteiger partial charge in [0.25, 0.3) is 5.91 Å². The number of carbonyl (C=O) groups excluding carboxylic acids is 1. The minimum atomic E-state index is -0.126. The molecule has 1 aliphatic carbocycles. The highest BCUT2D eigenvalue weighted by Gasteiger charge is 2.28. The van der Waals surface area contributed by atoms with Gasteiger partial charge in [0.05, 0.1) is 30.9 Å². The van der Waals surface area contributed by atoms with Gasteiger partial charge >= 0.3 is 0 Å². The topological polar surface area (TPSA) is 73.4 Å². The van der Waals surface area contributed by atoms with Crippen LogP contribution in [0.15, 0.2) is 23.1 Å². The zero-order valence-corrected chi connectivity index (χ0v) is 14.6. The smallest absolute Gasteiger partial charge is 0.292 e. The van der Waals surface area contributed by atoms with Crippen LogP contribution in [-0.4, -0.2) is 45.3 Å². The lowest BCUT2D eigenvalue weighted by atomic mass is 9.86. The number of hydrogen-bond acceptors (Lipinski definition) is 5. The van der Waals surface area contributed by atoms with E-state index in [-0.39, 0.29) is 11.8 Å². The molecule has 25 heavy (non-hydrogen) atoms. The van der Waals surface area contributed by atoms with Gasteiger partial charge in [-0.2, -0.15) is 0 Å². The summed E-state index contributed by atoms with van der Waals surface area (Å²) >= 11 is 0. The standard InChI is InChI=1S/C18H24N4O3/c1-13-5-17(25-20-13)18(23)21-7-15(11-24-10-14-3-2-4-14)8-22-12-19-6-16(22)9-21/h5-6,12,14-15H,2-4,7-11H2,1H3/t15-/m1/s1. The van der Waals surface area contributed by atoms with Crippen LogP contribution in [0.4, 0.5) is 0 Å². The number of aryl methyl sites for hydroxylation is 1. The highest BCUT2D eigenvalue weighted by atomic mass is 16.5. The Balaban J connectivity index is 1.45. The Morgan fingerprint density at radius 2 is 2.16 bits per heavy atom. The van der Waals surface area contributed by atoms with Crippen LogP contribution in [0.2, 0.25) is 0 Å². The first-order valence-electron chi connectivity index (χ1n) is 8.98. The van der Waals surface area contributed by atoms with E-state index in [1.807, 2.05) is 24.3 Å². The molecule has 1 fully saturated rings. The number of carbonyl (C=O) groups is 1. The van der Waals surface area contributed by atoms with Crippen LogP contribution in [0, 0.1) is 18.8 Å². The van der Waals surface area contributed by atoms with Crippen LogP contribution in [0.3, 0.4) is 0 Å². The monoisotopic (exact) mass is 344 g/mol. The molecule has 1 saturated carbocycles. The van der Waals surface area contributed by atoms with Gasteiger partial charge in [0.2, 0.25) is 5.76 Å². The summed E-state index contributed by atoms with van der Waals surface area (Å²) in [4.78, 5) is 18.8. The summed E-state index contributed by atoms with van der Waals surface area (Å²) < 4.78 is 13.2. The molecule has 2 aromatic rings. The fourth-order valence-corrected chi connectivity index (χ4v) is 3.49. The molecule has 1 atom stereocenters. The van der Waals surface area contributed by atoms with Crippen molar-refractivity contribution in [2.75, 3.05) is 19.8 Å². The first-order valence-corrected chi connectivity index (χ1v) is 8.98.